The Bertz CT molecular complexity index is 658. The number of rotatable bonds is 3. The lowest BCUT2D eigenvalue weighted by molar-refractivity contribution is 0.598. The fourth-order valence-corrected chi connectivity index (χ4v) is 3.07. The maximum absolute atomic E-state index is 11.4. The van der Waals surface area contributed by atoms with Gasteiger partial charge in [0.1, 0.15) is 0 Å². The summed E-state index contributed by atoms with van der Waals surface area (Å²) < 4.78 is 24.8. The topological polar surface area (TPSA) is 39.1 Å². The van der Waals surface area contributed by atoms with Crippen molar-refractivity contribution in [1.82, 2.24) is 4.57 Å². The molecular weight excluding hydrogens is 258 g/mol. The highest BCUT2D eigenvalue weighted by molar-refractivity contribution is 7.89. The SMILES string of the molecule is CCn1c(CS(C)(=O)=O)cc2c(Cl)cccc21. The van der Waals surface area contributed by atoms with E-state index in [9.17, 15) is 8.42 Å². The second-order valence-electron chi connectivity index (χ2n) is 4.12. The minimum atomic E-state index is -3.03. The molecule has 17 heavy (non-hydrogen) atoms. The monoisotopic (exact) mass is 271 g/mol. The van der Waals surface area contributed by atoms with Gasteiger partial charge in [-0.3, -0.25) is 0 Å². The molecule has 3 nitrogen and oxygen atoms in total. The zero-order valence-corrected chi connectivity index (χ0v) is 11.3. The van der Waals surface area contributed by atoms with Gasteiger partial charge < -0.3 is 4.57 Å². The lowest BCUT2D eigenvalue weighted by atomic mass is 10.2. The summed E-state index contributed by atoms with van der Waals surface area (Å²) in [5, 5.41) is 1.57. The van der Waals surface area contributed by atoms with Crippen molar-refractivity contribution in [2.45, 2.75) is 19.2 Å². The van der Waals surface area contributed by atoms with E-state index in [-0.39, 0.29) is 5.75 Å². The highest BCUT2D eigenvalue weighted by Crippen LogP contribution is 2.27. The van der Waals surface area contributed by atoms with E-state index in [1.807, 2.05) is 35.8 Å². The van der Waals surface area contributed by atoms with Crippen LogP contribution in [0.5, 0.6) is 0 Å². The molecule has 0 aliphatic rings. The fraction of sp³-hybridized carbons (Fsp3) is 0.333. The number of halogens is 1. The van der Waals surface area contributed by atoms with Crippen LogP contribution in [0.1, 0.15) is 12.6 Å². The van der Waals surface area contributed by atoms with E-state index < -0.39 is 9.84 Å². The van der Waals surface area contributed by atoms with Gasteiger partial charge in [-0.15, -0.1) is 0 Å². The molecule has 0 bridgehead atoms. The normalized spacial score (nSPS) is 12.2. The van der Waals surface area contributed by atoms with Gasteiger partial charge in [0.15, 0.2) is 9.84 Å². The molecule has 0 aliphatic heterocycles. The third kappa shape index (κ3) is 2.48. The van der Waals surface area contributed by atoms with Crippen LogP contribution in [0.25, 0.3) is 10.9 Å². The van der Waals surface area contributed by atoms with Gasteiger partial charge in [0.2, 0.25) is 0 Å². The Balaban J connectivity index is 2.68. The molecule has 5 heteroatoms. The molecule has 0 atom stereocenters. The van der Waals surface area contributed by atoms with E-state index in [0.717, 1.165) is 23.1 Å². The van der Waals surface area contributed by atoms with Crippen molar-refractivity contribution in [3.63, 3.8) is 0 Å². The Morgan fingerprint density at radius 2 is 2.06 bits per heavy atom. The highest BCUT2D eigenvalue weighted by atomic mass is 35.5. The molecule has 0 saturated carbocycles. The Morgan fingerprint density at radius 3 is 2.65 bits per heavy atom. The second-order valence-corrected chi connectivity index (χ2v) is 6.67. The first kappa shape index (κ1) is 12.5. The van der Waals surface area contributed by atoms with Crippen LogP contribution in [0.3, 0.4) is 0 Å². The van der Waals surface area contributed by atoms with Crippen molar-refractivity contribution in [1.29, 1.82) is 0 Å². The first-order valence-electron chi connectivity index (χ1n) is 5.36. The lowest BCUT2D eigenvalue weighted by Crippen LogP contribution is -2.07. The zero-order valence-electron chi connectivity index (χ0n) is 9.77. The molecule has 92 valence electrons. The Labute approximate surface area is 106 Å². The van der Waals surface area contributed by atoms with E-state index >= 15 is 0 Å². The first-order chi connectivity index (χ1) is 7.92. The molecular formula is C12H14ClNO2S. The predicted octanol–water partition coefficient (Wildman–Crippen LogP) is 2.86. The minimum Gasteiger partial charge on any atom is -0.344 e. The van der Waals surface area contributed by atoms with Crippen molar-refractivity contribution in [2.24, 2.45) is 0 Å². The average molecular weight is 272 g/mol. The summed E-state index contributed by atoms with van der Waals surface area (Å²) in [6, 6.07) is 7.51. The molecule has 2 rings (SSSR count). The molecule has 1 heterocycles. The molecule has 0 spiro atoms. The number of nitrogens with zero attached hydrogens (tertiary/aromatic N) is 1. The van der Waals surface area contributed by atoms with Crippen LogP contribution in [-0.2, 0) is 22.1 Å². The molecule has 0 fully saturated rings. The van der Waals surface area contributed by atoms with Crippen LogP contribution < -0.4 is 0 Å². The summed E-state index contributed by atoms with van der Waals surface area (Å²) in [6.07, 6.45) is 1.24. The number of aromatic nitrogens is 1. The molecule has 0 unspecified atom stereocenters. The van der Waals surface area contributed by atoms with Gasteiger partial charge in [-0.1, -0.05) is 17.7 Å². The van der Waals surface area contributed by atoms with Crippen LogP contribution >= 0.6 is 11.6 Å². The molecule has 2 aromatic rings. The van der Waals surface area contributed by atoms with E-state index in [1.165, 1.54) is 6.26 Å². The number of fused-ring (bicyclic) bond motifs is 1. The van der Waals surface area contributed by atoms with Crippen molar-refractivity contribution in [2.75, 3.05) is 6.26 Å². The van der Waals surface area contributed by atoms with Gasteiger partial charge >= 0.3 is 0 Å². The van der Waals surface area contributed by atoms with Crippen LogP contribution in [0.4, 0.5) is 0 Å². The largest absolute Gasteiger partial charge is 0.344 e. The number of hydrogen-bond donors (Lipinski definition) is 0. The second kappa shape index (κ2) is 4.35. The van der Waals surface area contributed by atoms with Crippen LogP contribution in [0, 0.1) is 0 Å². The molecule has 0 aliphatic carbocycles. The van der Waals surface area contributed by atoms with E-state index in [4.69, 9.17) is 11.6 Å². The summed E-state index contributed by atoms with van der Waals surface area (Å²) in [4.78, 5) is 0. The van der Waals surface area contributed by atoms with E-state index in [0.29, 0.717) is 5.02 Å². The highest BCUT2D eigenvalue weighted by Gasteiger charge is 2.13. The smallest absolute Gasteiger partial charge is 0.153 e. The molecule has 1 aromatic carbocycles. The van der Waals surface area contributed by atoms with E-state index in [2.05, 4.69) is 0 Å². The standard InChI is InChI=1S/C12H14ClNO2S/c1-3-14-9(8-17(2,15)16)7-10-11(13)5-4-6-12(10)14/h4-7H,3,8H2,1-2H3. The number of sulfone groups is 1. The Kier molecular flexibility index (Phi) is 3.19. The van der Waals surface area contributed by atoms with Crippen molar-refractivity contribution in [3.8, 4) is 0 Å². The van der Waals surface area contributed by atoms with Crippen LogP contribution in [0.15, 0.2) is 24.3 Å². The number of aryl methyl sites for hydroxylation is 1. The summed E-state index contributed by atoms with van der Waals surface area (Å²) in [5.41, 5.74) is 1.77. The van der Waals surface area contributed by atoms with Gasteiger partial charge in [0, 0.05) is 34.4 Å². The van der Waals surface area contributed by atoms with E-state index in [1.54, 1.807) is 0 Å². The maximum atomic E-state index is 11.4. The molecule has 1 aromatic heterocycles. The molecule has 0 radical (unpaired) electrons. The fourth-order valence-electron chi connectivity index (χ4n) is 2.06. The van der Waals surface area contributed by atoms with Gasteiger partial charge in [-0.25, -0.2) is 8.42 Å². The summed E-state index contributed by atoms with van der Waals surface area (Å²) in [5.74, 6) is 0.0475. The van der Waals surface area contributed by atoms with Crippen LogP contribution in [0.2, 0.25) is 5.02 Å². The van der Waals surface area contributed by atoms with Crippen molar-refractivity contribution in [3.05, 3.63) is 35.0 Å². The lowest BCUT2D eigenvalue weighted by Gasteiger charge is -2.06. The third-order valence-corrected chi connectivity index (χ3v) is 3.85. The van der Waals surface area contributed by atoms with Gasteiger partial charge in [-0.2, -0.15) is 0 Å². The molecule has 0 N–H and O–H groups in total. The average Bonchev–Trinajstić information content (AvgIpc) is 2.54. The molecule has 0 amide bonds. The summed E-state index contributed by atoms with van der Waals surface area (Å²) in [6.45, 7) is 2.72. The summed E-state index contributed by atoms with van der Waals surface area (Å²) in [7, 11) is -3.03. The van der Waals surface area contributed by atoms with Gasteiger partial charge in [-0.05, 0) is 25.1 Å². The Morgan fingerprint density at radius 1 is 1.35 bits per heavy atom. The van der Waals surface area contributed by atoms with Crippen LogP contribution in [-0.4, -0.2) is 19.2 Å². The quantitative estimate of drug-likeness (QED) is 0.861. The first-order valence-corrected chi connectivity index (χ1v) is 7.80. The Hall–Kier alpha value is -1.00. The zero-order chi connectivity index (χ0) is 12.6. The van der Waals surface area contributed by atoms with Crippen molar-refractivity contribution >= 4 is 32.3 Å². The minimum absolute atomic E-state index is 0.0475. The van der Waals surface area contributed by atoms with Gasteiger partial charge in [0.05, 0.1) is 5.75 Å². The third-order valence-electron chi connectivity index (χ3n) is 2.70. The van der Waals surface area contributed by atoms with Crippen molar-refractivity contribution < 1.29 is 8.42 Å². The number of benzene rings is 1. The van der Waals surface area contributed by atoms with Gasteiger partial charge in [0.25, 0.3) is 0 Å². The molecule has 0 saturated heterocycles. The number of hydrogen-bond acceptors (Lipinski definition) is 2. The predicted molar refractivity (Wildman–Crippen MR) is 71.2 cm³/mol. The maximum Gasteiger partial charge on any atom is 0.153 e. The summed E-state index contributed by atoms with van der Waals surface area (Å²) >= 11 is 6.11.